The molecular formula is C20H20N8O2. The zero-order valence-corrected chi connectivity index (χ0v) is 16.3. The van der Waals surface area contributed by atoms with Crippen LogP contribution in [0.1, 0.15) is 5.82 Å². The summed E-state index contributed by atoms with van der Waals surface area (Å²) in [5.74, 6) is 1.63. The molecule has 4 aromatic rings. The number of aromatic nitrogens is 6. The van der Waals surface area contributed by atoms with Crippen molar-refractivity contribution in [2.75, 3.05) is 18.4 Å². The number of carbonyl (C=O) groups excluding carboxylic acids is 1. The van der Waals surface area contributed by atoms with Gasteiger partial charge in [0.2, 0.25) is 5.91 Å². The number of nitrogens with one attached hydrogen (secondary N) is 2. The normalized spacial score (nSPS) is 10.8. The summed E-state index contributed by atoms with van der Waals surface area (Å²) in [5.41, 5.74) is 0.370. The van der Waals surface area contributed by atoms with Crippen LogP contribution in [0, 0.1) is 6.92 Å². The van der Waals surface area contributed by atoms with Crippen LogP contribution in [-0.4, -0.2) is 48.3 Å². The van der Waals surface area contributed by atoms with Crippen molar-refractivity contribution in [1.82, 2.24) is 34.6 Å². The van der Waals surface area contributed by atoms with E-state index in [1.165, 1.54) is 10.9 Å². The summed E-state index contributed by atoms with van der Waals surface area (Å²) in [6, 6.07) is 10.6. The van der Waals surface area contributed by atoms with E-state index in [2.05, 4.69) is 30.7 Å². The van der Waals surface area contributed by atoms with Crippen LogP contribution in [0.25, 0.3) is 16.7 Å². The number of benzene rings is 1. The van der Waals surface area contributed by atoms with E-state index in [1.54, 1.807) is 48.3 Å². The molecule has 0 radical (unpaired) electrons. The molecule has 2 N–H and O–H groups in total. The summed E-state index contributed by atoms with van der Waals surface area (Å²) < 4.78 is 2.95. The standard InChI is InChI=1S/C20H20N8O2/c1-14-25-17(11-18(26-14)28-10-4-7-24-28)21-8-9-22-19(29)12-27-13-23-16-6-3-2-5-15(16)20(27)30/h2-7,10-11,13H,8-9,12H2,1H3,(H,22,29)(H,21,25,26). The maximum absolute atomic E-state index is 12.4. The van der Waals surface area contributed by atoms with Crippen molar-refractivity contribution in [2.45, 2.75) is 13.5 Å². The number of fused-ring (bicyclic) bond motifs is 1. The molecule has 10 nitrogen and oxygen atoms in total. The van der Waals surface area contributed by atoms with Gasteiger partial charge >= 0.3 is 0 Å². The number of anilines is 1. The minimum absolute atomic E-state index is 0.0905. The quantitative estimate of drug-likeness (QED) is 0.439. The van der Waals surface area contributed by atoms with E-state index >= 15 is 0 Å². The summed E-state index contributed by atoms with van der Waals surface area (Å²) in [6.07, 6.45) is 4.87. The second-order valence-corrected chi connectivity index (χ2v) is 6.58. The molecule has 0 unspecified atom stereocenters. The SMILES string of the molecule is Cc1nc(NCCNC(=O)Cn2cnc3ccccc3c2=O)cc(-n2cccn2)n1. The van der Waals surface area contributed by atoms with E-state index < -0.39 is 0 Å². The Balaban J connectivity index is 1.32. The highest BCUT2D eigenvalue weighted by Gasteiger charge is 2.08. The third-order valence-corrected chi connectivity index (χ3v) is 4.36. The first-order chi connectivity index (χ1) is 14.6. The van der Waals surface area contributed by atoms with Crippen molar-refractivity contribution in [3.8, 4) is 5.82 Å². The van der Waals surface area contributed by atoms with Gasteiger partial charge in [0.1, 0.15) is 18.2 Å². The van der Waals surface area contributed by atoms with Crippen LogP contribution < -0.4 is 16.2 Å². The summed E-state index contributed by atoms with van der Waals surface area (Å²) in [6.45, 7) is 2.54. The van der Waals surface area contributed by atoms with Gasteiger partial charge in [-0.25, -0.2) is 19.6 Å². The van der Waals surface area contributed by atoms with Gasteiger partial charge in [-0.2, -0.15) is 5.10 Å². The zero-order valence-electron chi connectivity index (χ0n) is 16.3. The minimum atomic E-state index is -0.271. The fraction of sp³-hybridized carbons (Fsp3) is 0.200. The van der Waals surface area contributed by atoms with Gasteiger partial charge in [-0.15, -0.1) is 0 Å². The fourth-order valence-electron chi connectivity index (χ4n) is 2.99. The molecular weight excluding hydrogens is 384 g/mol. The van der Waals surface area contributed by atoms with E-state index in [0.29, 0.717) is 41.5 Å². The van der Waals surface area contributed by atoms with Gasteiger partial charge in [0.05, 0.1) is 17.2 Å². The third-order valence-electron chi connectivity index (χ3n) is 4.36. The number of nitrogens with zero attached hydrogens (tertiary/aromatic N) is 6. The van der Waals surface area contributed by atoms with Crippen LogP contribution in [0.3, 0.4) is 0 Å². The van der Waals surface area contributed by atoms with Crippen molar-refractivity contribution in [3.05, 3.63) is 71.3 Å². The van der Waals surface area contributed by atoms with E-state index in [4.69, 9.17) is 0 Å². The van der Waals surface area contributed by atoms with E-state index in [0.717, 1.165) is 0 Å². The lowest BCUT2D eigenvalue weighted by Gasteiger charge is -2.10. The molecule has 1 amide bonds. The topological polar surface area (TPSA) is 120 Å². The Morgan fingerprint density at radius 3 is 2.83 bits per heavy atom. The number of aryl methyl sites for hydroxylation is 1. The van der Waals surface area contributed by atoms with Gasteiger partial charge in [0, 0.05) is 31.5 Å². The molecule has 0 aliphatic heterocycles. The van der Waals surface area contributed by atoms with E-state index in [-0.39, 0.29) is 18.0 Å². The number of carbonyl (C=O) groups is 1. The van der Waals surface area contributed by atoms with Gasteiger partial charge in [0.25, 0.3) is 5.56 Å². The maximum Gasteiger partial charge on any atom is 0.261 e. The lowest BCUT2D eigenvalue weighted by Crippen LogP contribution is -2.35. The predicted octanol–water partition coefficient (Wildman–Crippen LogP) is 0.909. The summed E-state index contributed by atoms with van der Waals surface area (Å²) in [5, 5.41) is 10.6. The summed E-state index contributed by atoms with van der Waals surface area (Å²) in [7, 11) is 0. The Morgan fingerprint density at radius 1 is 1.13 bits per heavy atom. The van der Waals surface area contributed by atoms with Crippen molar-refractivity contribution in [1.29, 1.82) is 0 Å². The highest BCUT2D eigenvalue weighted by atomic mass is 16.2. The average Bonchev–Trinajstić information content (AvgIpc) is 3.28. The molecule has 0 atom stereocenters. The number of para-hydroxylation sites is 1. The molecule has 4 rings (SSSR count). The Hall–Kier alpha value is -4.08. The Bertz CT molecular complexity index is 1230. The predicted molar refractivity (Wildman–Crippen MR) is 111 cm³/mol. The third kappa shape index (κ3) is 4.32. The van der Waals surface area contributed by atoms with Gasteiger partial charge in [0.15, 0.2) is 5.82 Å². The lowest BCUT2D eigenvalue weighted by molar-refractivity contribution is -0.121. The van der Waals surface area contributed by atoms with Crippen LogP contribution >= 0.6 is 0 Å². The molecule has 0 spiro atoms. The second kappa shape index (κ2) is 8.52. The van der Waals surface area contributed by atoms with Crippen LogP contribution in [-0.2, 0) is 11.3 Å². The monoisotopic (exact) mass is 404 g/mol. The van der Waals surface area contributed by atoms with Gasteiger partial charge in [-0.1, -0.05) is 12.1 Å². The summed E-state index contributed by atoms with van der Waals surface area (Å²) in [4.78, 5) is 37.6. The highest BCUT2D eigenvalue weighted by molar-refractivity contribution is 5.78. The number of amides is 1. The van der Waals surface area contributed by atoms with Gasteiger partial charge in [-0.3, -0.25) is 14.2 Å². The fourth-order valence-corrected chi connectivity index (χ4v) is 2.99. The van der Waals surface area contributed by atoms with Crippen molar-refractivity contribution in [2.24, 2.45) is 0 Å². The molecule has 0 saturated heterocycles. The van der Waals surface area contributed by atoms with Crippen molar-refractivity contribution < 1.29 is 4.79 Å². The first-order valence-electron chi connectivity index (χ1n) is 9.40. The molecule has 152 valence electrons. The lowest BCUT2D eigenvalue weighted by atomic mass is 10.2. The average molecular weight is 404 g/mol. The van der Waals surface area contributed by atoms with Gasteiger partial charge < -0.3 is 10.6 Å². The molecule has 0 saturated carbocycles. The van der Waals surface area contributed by atoms with Crippen LogP contribution in [0.2, 0.25) is 0 Å². The first kappa shape index (κ1) is 19.2. The number of hydrogen-bond acceptors (Lipinski definition) is 7. The largest absolute Gasteiger partial charge is 0.368 e. The second-order valence-electron chi connectivity index (χ2n) is 6.58. The Morgan fingerprint density at radius 2 is 2.00 bits per heavy atom. The molecule has 30 heavy (non-hydrogen) atoms. The molecule has 0 fully saturated rings. The first-order valence-corrected chi connectivity index (χ1v) is 9.40. The minimum Gasteiger partial charge on any atom is -0.368 e. The van der Waals surface area contributed by atoms with Crippen LogP contribution in [0.15, 0.2) is 59.9 Å². The Labute approximate surface area is 171 Å². The van der Waals surface area contributed by atoms with Crippen molar-refractivity contribution in [3.63, 3.8) is 0 Å². The smallest absolute Gasteiger partial charge is 0.261 e. The number of hydrogen-bond donors (Lipinski definition) is 2. The molecule has 10 heteroatoms. The van der Waals surface area contributed by atoms with Crippen molar-refractivity contribution >= 4 is 22.6 Å². The van der Waals surface area contributed by atoms with Crippen LogP contribution in [0.4, 0.5) is 5.82 Å². The molecule has 0 aliphatic rings. The zero-order chi connectivity index (χ0) is 20.9. The molecule has 3 aromatic heterocycles. The molecule has 0 aliphatic carbocycles. The van der Waals surface area contributed by atoms with Gasteiger partial charge in [-0.05, 0) is 25.1 Å². The highest BCUT2D eigenvalue weighted by Crippen LogP contribution is 2.09. The van der Waals surface area contributed by atoms with E-state index in [1.807, 2.05) is 12.1 Å². The van der Waals surface area contributed by atoms with E-state index in [9.17, 15) is 9.59 Å². The Kier molecular flexibility index (Phi) is 5.46. The molecule has 0 bridgehead atoms. The number of rotatable bonds is 7. The molecule has 3 heterocycles. The van der Waals surface area contributed by atoms with Crippen LogP contribution in [0.5, 0.6) is 0 Å². The maximum atomic E-state index is 12.4. The summed E-state index contributed by atoms with van der Waals surface area (Å²) >= 11 is 0. The molecule has 1 aromatic carbocycles.